The molecule has 4 heteroatoms. The molecule has 1 saturated heterocycles. The molecule has 0 radical (unpaired) electrons. The van der Waals surface area contributed by atoms with Gasteiger partial charge in [0.1, 0.15) is 0 Å². The van der Waals surface area contributed by atoms with E-state index in [0.717, 1.165) is 29.9 Å². The molecule has 1 N–H and O–H groups in total. The minimum absolute atomic E-state index is 0.131. The summed E-state index contributed by atoms with van der Waals surface area (Å²) in [6.07, 6.45) is 3.16. The molecule has 130 valence electrons. The quantitative estimate of drug-likeness (QED) is 0.654. The predicted octanol–water partition coefficient (Wildman–Crippen LogP) is 4.20. The van der Waals surface area contributed by atoms with Crippen molar-refractivity contribution < 1.29 is 0 Å². The Labute approximate surface area is 154 Å². The first-order valence-electron chi connectivity index (χ1n) is 9.03. The molecule has 0 aliphatic carbocycles. The van der Waals surface area contributed by atoms with Gasteiger partial charge in [0, 0.05) is 29.8 Å². The number of rotatable bonds is 5. The lowest BCUT2D eigenvalue weighted by molar-refractivity contribution is 0.250. The third-order valence-electron chi connectivity index (χ3n) is 5.36. The molecule has 2 aromatic rings. The van der Waals surface area contributed by atoms with Crippen LogP contribution in [0.2, 0.25) is 0 Å². The summed E-state index contributed by atoms with van der Waals surface area (Å²) < 4.78 is 0. The minimum Gasteiger partial charge on any atom is -0.284 e. The third-order valence-corrected chi connectivity index (χ3v) is 5.36. The van der Waals surface area contributed by atoms with Crippen LogP contribution < -0.4 is 5.43 Å². The zero-order chi connectivity index (χ0) is 17.9. The number of hydrazone groups is 1. The summed E-state index contributed by atoms with van der Waals surface area (Å²) in [5, 5.41) is 14.2. The van der Waals surface area contributed by atoms with Crippen LogP contribution in [0.5, 0.6) is 0 Å². The molecule has 2 aliphatic heterocycles. The topological polar surface area (TPSA) is 51.4 Å². The molecule has 4 nitrogen and oxygen atoms in total. The van der Waals surface area contributed by atoms with Crippen LogP contribution in [0.15, 0.2) is 77.4 Å². The Bertz CT molecular complexity index is 864. The molecule has 2 bridgehead atoms. The Morgan fingerprint density at radius 1 is 1.15 bits per heavy atom. The number of fused-ring (bicyclic) bond motifs is 2. The van der Waals surface area contributed by atoms with Crippen molar-refractivity contribution in [3.8, 4) is 6.07 Å². The molecule has 0 aromatic heterocycles. The number of anilines is 1. The van der Waals surface area contributed by atoms with Crippen molar-refractivity contribution in [3.05, 3.63) is 77.9 Å². The summed E-state index contributed by atoms with van der Waals surface area (Å²) in [5.74, 6) is 0.277. The van der Waals surface area contributed by atoms with Crippen LogP contribution >= 0.6 is 0 Å². The summed E-state index contributed by atoms with van der Waals surface area (Å²) in [5.41, 5.74) is 7.35. The number of para-hydroxylation sites is 1. The molecular formula is C22H22N4. The molecule has 1 fully saturated rings. The summed E-state index contributed by atoms with van der Waals surface area (Å²) in [6.45, 7) is 2.94. The minimum atomic E-state index is 0.131. The number of benzene rings is 2. The van der Waals surface area contributed by atoms with Gasteiger partial charge in [-0.2, -0.15) is 10.4 Å². The van der Waals surface area contributed by atoms with Gasteiger partial charge in [0.05, 0.1) is 17.8 Å². The first-order valence-corrected chi connectivity index (χ1v) is 9.03. The molecule has 2 aliphatic rings. The SMILES string of the molecule is C/C(=N\Nc1ccccc1)[C@@H]1C[C@@H]2C=C(C#N)[C@@H]1N2Cc1ccccc1. The van der Waals surface area contributed by atoms with Crippen molar-refractivity contribution in [2.45, 2.75) is 32.0 Å². The van der Waals surface area contributed by atoms with Crippen molar-refractivity contribution in [2.75, 3.05) is 5.43 Å². The van der Waals surface area contributed by atoms with Gasteiger partial charge >= 0.3 is 0 Å². The summed E-state index contributed by atoms with van der Waals surface area (Å²) in [6, 6.07) is 23.3. The van der Waals surface area contributed by atoms with E-state index in [2.05, 4.69) is 58.8 Å². The average Bonchev–Trinajstić information content (AvgIpc) is 3.21. The van der Waals surface area contributed by atoms with Gasteiger partial charge in [-0.3, -0.25) is 10.3 Å². The van der Waals surface area contributed by atoms with Crippen molar-refractivity contribution in [2.24, 2.45) is 11.0 Å². The van der Waals surface area contributed by atoms with Gasteiger partial charge in [-0.05, 0) is 31.0 Å². The molecule has 0 amide bonds. The lowest BCUT2D eigenvalue weighted by atomic mass is 9.86. The first kappa shape index (κ1) is 16.6. The van der Waals surface area contributed by atoms with E-state index >= 15 is 0 Å². The van der Waals surface area contributed by atoms with Crippen molar-refractivity contribution in [3.63, 3.8) is 0 Å². The number of hydrogen-bond donors (Lipinski definition) is 1. The highest BCUT2D eigenvalue weighted by atomic mass is 15.3. The number of nitrogens with one attached hydrogen (secondary N) is 1. The smallest absolute Gasteiger partial charge is 0.0961 e. The zero-order valence-corrected chi connectivity index (χ0v) is 14.8. The Balaban J connectivity index is 1.52. The monoisotopic (exact) mass is 342 g/mol. The van der Waals surface area contributed by atoms with E-state index in [0.29, 0.717) is 6.04 Å². The van der Waals surface area contributed by atoms with Gasteiger partial charge in [-0.1, -0.05) is 54.6 Å². The van der Waals surface area contributed by atoms with Crippen LogP contribution in [-0.4, -0.2) is 22.7 Å². The normalized spacial score (nSPS) is 25.0. The molecule has 2 aromatic carbocycles. The fourth-order valence-electron chi connectivity index (χ4n) is 4.09. The average molecular weight is 342 g/mol. The van der Waals surface area contributed by atoms with Gasteiger partial charge in [0.25, 0.3) is 0 Å². The lowest BCUT2D eigenvalue weighted by Gasteiger charge is -2.25. The van der Waals surface area contributed by atoms with Crippen LogP contribution in [-0.2, 0) is 6.54 Å². The highest BCUT2D eigenvalue weighted by molar-refractivity contribution is 5.87. The molecule has 0 saturated carbocycles. The van der Waals surface area contributed by atoms with Gasteiger partial charge in [-0.15, -0.1) is 0 Å². The molecule has 0 spiro atoms. The predicted molar refractivity (Wildman–Crippen MR) is 105 cm³/mol. The molecule has 2 heterocycles. The van der Waals surface area contributed by atoms with E-state index in [1.54, 1.807) is 0 Å². The Morgan fingerprint density at radius 2 is 1.85 bits per heavy atom. The first-order chi connectivity index (χ1) is 12.8. The second-order valence-corrected chi connectivity index (χ2v) is 6.98. The number of hydrogen-bond acceptors (Lipinski definition) is 4. The van der Waals surface area contributed by atoms with Crippen LogP contribution in [0.25, 0.3) is 0 Å². The second-order valence-electron chi connectivity index (χ2n) is 6.98. The third kappa shape index (κ3) is 3.14. The zero-order valence-electron chi connectivity index (χ0n) is 14.8. The van der Waals surface area contributed by atoms with Gasteiger partial charge in [0.15, 0.2) is 0 Å². The Hall–Kier alpha value is -2.90. The van der Waals surface area contributed by atoms with E-state index in [-0.39, 0.29) is 12.0 Å². The maximum absolute atomic E-state index is 9.58. The van der Waals surface area contributed by atoms with E-state index in [1.165, 1.54) is 5.56 Å². The highest BCUT2D eigenvalue weighted by Gasteiger charge is 2.48. The Morgan fingerprint density at radius 3 is 2.54 bits per heavy atom. The largest absolute Gasteiger partial charge is 0.284 e. The summed E-state index contributed by atoms with van der Waals surface area (Å²) >= 11 is 0. The Kier molecular flexibility index (Phi) is 4.55. The van der Waals surface area contributed by atoms with Crippen LogP contribution in [0.4, 0.5) is 5.69 Å². The highest BCUT2D eigenvalue weighted by Crippen LogP contribution is 2.42. The summed E-state index contributed by atoms with van der Waals surface area (Å²) in [4.78, 5) is 2.44. The fourth-order valence-corrected chi connectivity index (χ4v) is 4.09. The van der Waals surface area contributed by atoms with E-state index in [1.807, 2.05) is 36.4 Å². The molecular weight excluding hydrogens is 320 g/mol. The van der Waals surface area contributed by atoms with Crippen molar-refractivity contribution in [1.29, 1.82) is 5.26 Å². The molecule has 3 atom stereocenters. The van der Waals surface area contributed by atoms with E-state index in [9.17, 15) is 5.26 Å². The van der Waals surface area contributed by atoms with Gasteiger partial charge in [-0.25, -0.2) is 0 Å². The standard InChI is InChI=1S/C22H22N4/c1-16(24-25-19-10-6-3-7-11-19)21-13-20-12-18(14-23)22(21)26(20)15-17-8-4-2-5-9-17/h2-12,20-22,25H,13,15H2,1H3/b24-16+/t20-,21-,22-/m0/s1. The fraction of sp³-hybridized carbons (Fsp3) is 0.273. The molecule has 0 unspecified atom stereocenters. The molecule has 26 heavy (non-hydrogen) atoms. The van der Waals surface area contributed by atoms with Crippen LogP contribution in [0.3, 0.4) is 0 Å². The van der Waals surface area contributed by atoms with Gasteiger partial charge < -0.3 is 0 Å². The number of nitrogens with zero attached hydrogens (tertiary/aromatic N) is 3. The van der Waals surface area contributed by atoms with Crippen molar-refractivity contribution >= 4 is 11.4 Å². The number of nitriles is 1. The van der Waals surface area contributed by atoms with Crippen LogP contribution in [0, 0.1) is 17.2 Å². The second kappa shape index (κ2) is 7.15. The lowest BCUT2D eigenvalue weighted by Crippen LogP contribution is -2.34. The summed E-state index contributed by atoms with van der Waals surface area (Å²) in [7, 11) is 0. The van der Waals surface area contributed by atoms with E-state index in [4.69, 9.17) is 0 Å². The van der Waals surface area contributed by atoms with E-state index < -0.39 is 0 Å². The van der Waals surface area contributed by atoms with Gasteiger partial charge in [0.2, 0.25) is 0 Å². The molecule has 4 rings (SSSR count). The maximum atomic E-state index is 9.58. The van der Waals surface area contributed by atoms with Crippen molar-refractivity contribution in [1.82, 2.24) is 4.90 Å². The van der Waals surface area contributed by atoms with Crippen LogP contribution in [0.1, 0.15) is 18.9 Å². The maximum Gasteiger partial charge on any atom is 0.0961 e.